The predicted molar refractivity (Wildman–Crippen MR) is 145 cm³/mol. The van der Waals surface area contributed by atoms with Gasteiger partial charge in [-0.15, -0.1) is 0 Å². The summed E-state index contributed by atoms with van der Waals surface area (Å²) in [5.41, 5.74) is 1.63. The van der Waals surface area contributed by atoms with Gasteiger partial charge in [0.2, 0.25) is 5.78 Å². The Labute approximate surface area is 233 Å². The molecule has 38 heavy (non-hydrogen) atoms. The van der Waals surface area contributed by atoms with Crippen molar-refractivity contribution >= 4 is 40.7 Å². The fourth-order valence-electron chi connectivity index (χ4n) is 4.90. The lowest BCUT2D eigenvalue weighted by Gasteiger charge is -2.29. The number of halogens is 2. The van der Waals surface area contributed by atoms with Gasteiger partial charge < -0.3 is 24.4 Å². The topological polar surface area (TPSA) is 83.3 Å². The first-order valence-corrected chi connectivity index (χ1v) is 13.8. The van der Waals surface area contributed by atoms with E-state index in [2.05, 4.69) is 13.8 Å². The van der Waals surface area contributed by atoms with E-state index >= 15 is 0 Å². The van der Waals surface area contributed by atoms with Gasteiger partial charge in [-0.3, -0.25) is 9.59 Å². The van der Waals surface area contributed by atoms with Crippen molar-refractivity contribution in [2.75, 3.05) is 46.0 Å². The molecule has 4 rings (SSSR count). The number of Topliss-reactive ketones (excluding diaryl/α,β-unsaturated/α-hetero) is 1. The summed E-state index contributed by atoms with van der Waals surface area (Å²) < 4.78 is 11.3. The van der Waals surface area contributed by atoms with E-state index in [0.29, 0.717) is 52.4 Å². The Bertz CT molecular complexity index is 1220. The number of quaternary nitrogens is 1. The first-order valence-electron chi connectivity index (χ1n) is 13.0. The summed E-state index contributed by atoms with van der Waals surface area (Å²) in [5, 5.41) is 14.4. The van der Waals surface area contributed by atoms with Crippen molar-refractivity contribution in [3.05, 3.63) is 68.7 Å². The van der Waals surface area contributed by atoms with Crippen molar-refractivity contribution in [2.24, 2.45) is 5.92 Å². The number of hydrogen-bond donors (Lipinski definition) is 1. The van der Waals surface area contributed by atoms with Crippen LogP contribution in [0.2, 0.25) is 10.0 Å². The molecule has 2 heterocycles. The Morgan fingerprint density at radius 3 is 2.53 bits per heavy atom. The van der Waals surface area contributed by atoms with E-state index in [1.165, 1.54) is 9.80 Å². The highest BCUT2D eigenvalue weighted by molar-refractivity contribution is 6.46. The third-order valence-corrected chi connectivity index (χ3v) is 7.67. The second-order valence-electron chi connectivity index (χ2n) is 10.3. The Morgan fingerprint density at radius 1 is 1.13 bits per heavy atom. The number of morpholine rings is 1. The molecule has 2 aromatic rings. The number of amides is 1. The molecule has 2 fully saturated rings. The summed E-state index contributed by atoms with van der Waals surface area (Å²) in [6.45, 7) is 11.0. The maximum Gasteiger partial charge on any atom is 0.295 e. The van der Waals surface area contributed by atoms with E-state index in [4.69, 9.17) is 32.7 Å². The lowest BCUT2D eigenvalue weighted by molar-refractivity contribution is -0.908. The van der Waals surface area contributed by atoms with Gasteiger partial charge in [-0.1, -0.05) is 54.9 Å². The molecule has 0 aromatic heterocycles. The van der Waals surface area contributed by atoms with Crippen LogP contribution >= 0.6 is 23.2 Å². The summed E-state index contributed by atoms with van der Waals surface area (Å²) in [5.74, 6) is -0.879. The molecule has 1 amide bonds. The molecular weight excluding hydrogens is 527 g/mol. The largest absolute Gasteiger partial charge is 0.872 e. The SMILES string of the molecule is Cc1cc(C([O-])=C2C(=O)C(=O)N(CCC[NH+]3CCOCC3)C2c2ccc(Cl)c(Cl)c2)ccc1OCC(C)C. The standard InChI is InChI=1S/C29H34Cl2N2O5/c1-18(2)17-38-24-8-6-21(15-19(24)3)27(34)25-26(20-5-7-22(30)23(31)16-20)33(29(36)28(25)35)10-4-9-32-11-13-37-14-12-32/h5-8,15-16,18,26,34H,4,9-14,17H2,1-3H3. The molecule has 0 saturated carbocycles. The van der Waals surface area contributed by atoms with Crippen molar-refractivity contribution in [1.29, 1.82) is 0 Å². The van der Waals surface area contributed by atoms with Crippen LogP contribution in [0.15, 0.2) is 42.0 Å². The molecule has 7 nitrogen and oxygen atoms in total. The number of likely N-dealkylation sites (tertiary alicyclic amines) is 1. The van der Waals surface area contributed by atoms with Crippen molar-refractivity contribution in [3.8, 4) is 5.75 Å². The van der Waals surface area contributed by atoms with Crippen LogP contribution in [-0.4, -0.2) is 62.6 Å². The number of benzene rings is 2. The van der Waals surface area contributed by atoms with E-state index in [1.54, 1.807) is 36.4 Å². The van der Waals surface area contributed by atoms with Gasteiger partial charge in [0.15, 0.2) is 0 Å². The van der Waals surface area contributed by atoms with Gasteiger partial charge in [-0.25, -0.2) is 0 Å². The monoisotopic (exact) mass is 560 g/mol. The Kier molecular flexibility index (Phi) is 9.36. The van der Waals surface area contributed by atoms with Gasteiger partial charge in [-0.05, 0) is 53.8 Å². The molecule has 0 aliphatic carbocycles. The Morgan fingerprint density at radius 2 is 1.87 bits per heavy atom. The van der Waals surface area contributed by atoms with Crippen LogP contribution in [0.3, 0.4) is 0 Å². The van der Waals surface area contributed by atoms with Crippen molar-refractivity contribution in [1.82, 2.24) is 4.90 Å². The molecule has 2 aliphatic rings. The van der Waals surface area contributed by atoms with Crippen LogP contribution in [0.25, 0.3) is 5.76 Å². The lowest BCUT2D eigenvalue weighted by atomic mass is 9.94. The molecule has 0 spiro atoms. The van der Waals surface area contributed by atoms with Gasteiger partial charge >= 0.3 is 0 Å². The summed E-state index contributed by atoms with van der Waals surface area (Å²) in [6.07, 6.45) is 0.689. The fourth-order valence-corrected chi connectivity index (χ4v) is 5.21. The number of nitrogens with zero attached hydrogens (tertiary/aromatic N) is 1. The van der Waals surface area contributed by atoms with Crippen molar-refractivity contribution < 1.29 is 29.1 Å². The van der Waals surface area contributed by atoms with Crippen LogP contribution < -0.4 is 14.7 Å². The minimum atomic E-state index is -0.839. The highest BCUT2D eigenvalue weighted by Gasteiger charge is 2.44. The Balaban J connectivity index is 1.68. The highest BCUT2D eigenvalue weighted by atomic mass is 35.5. The van der Waals surface area contributed by atoms with Crippen LogP contribution in [-0.2, 0) is 14.3 Å². The van der Waals surface area contributed by atoms with E-state index < -0.39 is 23.5 Å². The molecule has 204 valence electrons. The van der Waals surface area contributed by atoms with Gasteiger partial charge in [0.25, 0.3) is 5.91 Å². The zero-order chi connectivity index (χ0) is 27.4. The summed E-state index contributed by atoms with van der Waals surface area (Å²) >= 11 is 12.5. The third kappa shape index (κ3) is 6.34. The maximum absolute atomic E-state index is 13.8. The minimum Gasteiger partial charge on any atom is -0.872 e. The van der Waals surface area contributed by atoms with Crippen LogP contribution in [0.5, 0.6) is 5.75 Å². The minimum absolute atomic E-state index is 0.0673. The average molecular weight is 562 g/mol. The molecule has 1 atom stereocenters. The average Bonchev–Trinajstić information content (AvgIpc) is 3.14. The molecule has 1 unspecified atom stereocenters. The number of nitrogens with one attached hydrogen (secondary N) is 1. The van der Waals surface area contributed by atoms with Crippen LogP contribution in [0, 0.1) is 12.8 Å². The quantitative estimate of drug-likeness (QED) is 0.289. The number of aryl methyl sites for hydroxylation is 1. The van der Waals surface area contributed by atoms with Crippen molar-refractivity contribution in [2.45, 2.75) is 33.2 Å². The van der Waals surface area contributed by atoms with Crippen LogP contribution in [0.1, 0.15) is 43.0 Å². The van der Waals surface area contributed by atoms with E-state index in [9.17, 15) is 14.7 Å². The normalized spacial score (nSPS) is 19.9. The van der Waals surface area contributed by atoms with Gasteiger partial charge in [-0.2, -0.15) is 0 Å². The molecule has 2 aromatic carbocycles. The number of carbonyl (C=O) groups is 2. The third-order valence-electron chi connectivity index (χ3n) is 6.93. The predicted octanol–water partition coefficient (Wildman–Crippen LogP) is 2.87. The lowest BCUT2D eigenvalue weighted by Crippen LogP contribution is -3.14. The smallest absolute Gasteiger partial charge is 0.295 e. The van der Waals surface area contributed by atoms with E-state index in [1.807, 2.05) is 6.92 Å². The van der Waals surface area contributed by atoms with Crippen molar-refractivity contribution in [3.63, 3.8) is 0 Å². The fraction of sp³-hybridized carbons (Fsp3) is 0.448. The van der Waals surface area contributed by atoms with Gasteiger partial charge in [0.1, 0.15) is 18.8 Å². The van der Waals surface area contributed by atoms with Crippen LogP contribution in [0.4, 0.5) is 0 Å². The first-order chi connectivity index (χ1) is 18.2. The molecular formula is C29H34Cl2N2O5. The van der Waals surface area contributed by atoms with E-state index in [0.717, 1.165) is 38.4 Å². The zero-order valence-electron chi connectivity index (χ0n) is 22.0. The number of rotatable bonds is 9. The number of hydrogen-bond acceptors (Lipinski definition) is 5. The van der Waals surface area contributed by atoms with Gasteiger partial charge in [0, 0.05) is 18.5 Å². The molecule has 9 heteroatoms. The molecule has 0 bridgehead atoms. The highest BCUT2D eigenvalue weighted by Crippen LogP contribution is 2.40. The number of carbonyl (C=O) groups excluding carboxylic acids is 2. The van der Waals surface area contributed by atoms with Gasteiger partial charge in [0.05, 0.1) is 42.5 Å². The first kappa shape index (κ1) is 28.4. The zero-order valence-corrected chi connectivity index (χ0v) is 23.5. The number of ketones is 1. The number of ether oxygens (including phenoxy) is 2. The maximum atomic E-state index is 13.8. The summed E-state index contributed by atoms with van der Waals surface area (Å²) in [7, 11) is 0. The Hall–Kier alpha value is -2.58. The summed E-state index contributed by atoms with van der Waals surface area (Å²) in [6, 6.07) is 9.22. The second-order valence-corrected chi connectivity index (χ2v) is 11.1. The summed E-state index contributed by atoms with van der Waals surface area (Å²) in [4.78, 5) is 29.4. The molecule has 2 aliphatic heterocycles. The molecule has 0 radical (unpaired) electrons. The molecule has 2 saturated heterocycles. The second kappa shape index (κ2) is 12.5. The van der Waals surface area contributed by atoms with E-state index in [-0.39, 0.29) is 5.57 Å². The molecule has 1 N–H and O–H groups in total.